The summed E-state index contributed by atoms with van der Waals surface area (Å²) in [5, 5.41) is 4.86. The molecule has 0 unspecified atom stereocenters. The minimum atomic E-state index is -0.454. The molecule has 0 N–H and O–H groups in total. The smallest absolute Gasteiger partial charge is 0.0939 e. The Hall–Kier alpha value is 1.06. The molecule has 0 spiro atoms. The number of unbranched alkanes of at least 4 members (excludes halogenated alkanes) is 3. The Labute approximate surface area is 159 Å². The van der Waals surface area contributed by atoms with Gasteiger partial charge in [0.2, 0.25) is 0 Å². The molecule has 0 bridgehead atoms. The van der Waals surface area contributed by atoms with Gasteiger partial charge < -0.3 is 0 Å². The minimum Gasteiger partial charge on any atom is -0.0939 e. The highest BCUT2D eigenvalue weighted by atomic mass is 27.2. The van der Waals surface area contributed by atoms with Crippen molar-refractivity contribution in [2.24, 2.45) is 0 Å². The van der Waals surface area contributed by atoms with E-state index >= 15 is 0 Å². The first-order chi connectivity index (χ1) is 10.8. The number of hydrogen-bond acceptors (Lipinski definition) is 0. The fourth-order valence-electron chi connectivity index (χ4n) is 4.22. The Morgan fingerprint density at radius 3 is 0.913 bits per heavy atom. The van der Waals surface area contributed by atoms with Crippen molar-refractivity contribution in [1.82, 2.24) is 0 Å². The fraction of sp³-hybridized carbons (Fsp3) is 1.00. The van der Waals surface area contributed by atoms with Gasteiger partial charge in [0.1, 0.15) is 0 Å². The Morgan fingerprint density at radius 2 is 0.783 bits per heavy atom. The SMILES string of the molecule is CCC[CH2][Al]([CH2]CCC)[CH2]CCC.C[CH](C)[Al]([CH](C)C)[CH](C)C. The van der Waals surface area contributed by atoms with Crippen molar-refractivity contribution in [3.05, 3.63) is 0 Å². The molecule has 0 aliphatic heterocycles. The third-order valence-corrected chi connectivity index (χ3v) is 13.5. The molecule has 0 aliphatic carbocycles. The van der Waals surface area contributed by atoms with Gasteiger partial charge in [-0.25, -0.2) is 0 Å². The molecular weight excluding hydrogens is 306 g/mol. The van der Waals surface area contributed by atoms with Gasteiger partial charge in [-0.3, -0.25) is 0 Å². The highest BCUT2D eigenvalue weighted by molar-refractivity contribution is 6.63. The summed E-state index contributed by atoms with van der Waals surface area (Å²) in [5.41, 5.74) is 0. The first kappa shape index (κ1) is 26.3. The van der Waals surface area contributed by atoms with Gasteiger partial charge in [0.15, 0.2) is 0 Å². The standard InChI is InChI=1S/3C4H9.3C3H7.2Al/c3*1-3-4-2;3*1-3-2;;/h3*1,3-4H2,2H3;3*3H,1-2H3;;. The first-order valence-corrected chi connectivity index (χ1v) is 15.3. The van der Waals surface area contributed by atoms with E-state index in [1.165, 1.54) is 38.5 Å². The van der Waals surface area contributed by atoms with Crippen LogP contribution in [-0.2, 0) is 0 Å². The van der Waals surface area contributed by atoms with E-state index in [-0.39, 0.29) is 14.1 Å². The summed E-state index contributed by atoms with van der Waals surface area (Å²) in [6.07, 6.45) is 8.73. The summed E-state index contributed by atoms with van der Waals surface area (Å²) in [5.74, 6) is 0. The highest BCUT2D eigenvalue weighted by Crippen LogP contribution is 2.29. The van der Waals surface area contributed by atoms with Crippen molar-refractivity contribution >= 4 is 28.3 Å². The van der Waals surface area contributed by atoms with E-state index in [2.05, 4.69) is 62.3 Å². The van der Waals surface area contributed by atoms with Crippen LogP contribution in [0.1, 0.15) is 101 Å². The van der Waals surface area contributed by atoms with Crippen molar-refractivity contribution in [3.63, 3.8) is 0 Å². The zero-order valence-corrected chi connectivity index (χ0v) is 20.6. The number of rotatable bonds is 12. The van der Waals surface area contributed by atoms with Gasteiger partial charge in [0.05, 0.1) is 0 Å². The molecule has 0 aromatic carbocycles. The monoisotopic (exact) mass is 354 g/mol. The Morgan fingerprint density at radius 1 is 0.522 bits per heavy atom. The molecule has 0 nitrogen and oxygen atoms in total. The molecule has 0 atom stereocenters. The van der Waals surface area contributed by atoms with Gasteiger partial charge in [0.25, 0.3) is 28.3 Å². The zero-order valence-electron chi connectivity index (χ0n) is 18.3. The minimum absolute atomic E-state index is 0.287. The molecule has 2 heteroatoms. The molecule has 138 valence electrons. The largest absolute Gasteiger partial charge is 0.270 e. The number of hydrogen-bond donors (Lipinski definition) is 0. The summed E-state index contributed by atoms with van der Waals surface area (Å²) >= 11 is -0.740. The molecule has 23 heavy (non-hydrogen) atoms. The molecule has 0 saturated carbocycles. The highest BCUT2D eigenvalue weighted by Gasteiger charge is 2.27. The Bertz CT molecular complexity index is 186. The topological polar surface area (TPSA) is 0 Å². The lowest BCUT2D eigenvalue weighted by Crippen LogP contribution is -2.24. The van der Waals surface area contributed by atoms with Gasteiger partial charge >= 0.3 is 0 Å². The second kappa shape index (κ2) is 17.9. The molecule has 0 heterocycles. The van der Waals surface area contributed by atoms with Crippen LogP contribution in [0.3, 0.4) is 0 Å². The molecule has 0 aromatic rings. The van der Waals surface area contributed by atoms with Crippen molar-refractivity contribution in [1.29, 1.82) is 0 Å². The third-order valence-electron chi connectivity index (χ3n) is 5.21. The van der Waals surface area contributed by atoms with Crippen LogP contribution in [0.2, 0.25) is 30.2 Å². The molecule has 0 amide bonds. The van der Waals surface area contributed by atoms with Gasteiger partial charge in [-0.05, 0) is 0 Å². The van der Waals surface area contributed by atoms with Gasteiger partial charge in [0, 0.05) is 0 Å². The molecule has 0 aliphatic rings. The van der Waals surface area contributed by atoms with Crippen LogP contribution in [0.25, 0.3) is 0 Å². The quantitative estimate of drug-likeness (QED) is 0.308. The van der Waals surface area contributed by atoms with Crippen molar-refractivity contribution < 1.29 is 0 Å². The maximum absolute atomic E-state index is 2.39. The van der Waals surface area contributed by atoms with Gasteiger partial charge in [-0.1, -0.05) is 131 Å². The van der Waals surface area contributed by atoms with Gasteiger partial charge in [-0.2, -0.15) is 0 Å². The van der Waals surface area contributed by atoms with E-state index in [0.717, 1.165) is 14.3 Å². The average molecular weight is 355 g/mol. The molecule has 0 rings (SSSR count). The van der Waals surface area contributed by atoms with Crippen LogP contribution >= 0.6 is 0 Å². The average Bonchev–Trinajstić information content (AvgIpc) is 2.45. The first-order valence-electron chi connectivity index (χ1n) is 10.8. The Kier molecular flexibility index (Phi) is 20.4. The van der Waals surface area contributed by atoms with E-state index in [1.807, 2.05) is 0 Å². The lowest BCUT2D eigenvalue weighted by Gasteiger charge is -2.22. The van der Waals surface area contributed by atoms with Crippen LogP contribution in [0.4, 0.5) is 0 Å². The fourth-order valence-corrected chi connectivity index (χ4v) is 12.7. The van der Waals surface area contributed by atoms with Crippen molar-refractivity contribution in [3.8, 4) is 0 Å². The summed E-state index contributed by atoms with van der Waals surface area (Å²) in [6.45, 7) is 21.3. The van der Waals surface area contributed by atoms with Crippen LogP contribution < -0.4 is 0 Å². The van der Waals surface area contributed by atoms with Crippen LogP contribution in [0, 0.1) is 0 Å². The summed E-state index contributed by atoms with van der Waals surface area (Å²) in [4.78, 5) is 0. The van der Waals surface area contributed by atoms with Crippen LogP contribution in [0.15, 0.2) is 0 Å². The predicted molar refractivity (Wildman–Crippen MR) is 116 cm³/mol. The predicted octanol–water partition coefficient (Wildman–Crippen LogP) is 8.59. The second-order valence-corrected chi connectivity index (χ2v) is 17.2. The van der Waals surface area contributed by atoms with Crippen LogP contribution in [-0.4, -0.2) is 28.3 Å². The molecule has 0 saturated heterocycles. The third kappa shape index (κ3) is 16.3. The molecule has 0 fully saturated rings. The van der Waals surface area contributed by atoms with E-state index in [4.69, 9.17) is 0 Å². The zero-order chi connectivity index (χ0) is 18.3. The molecular formula is C21H48Al2. The lowest BCUT2D eigenvalue weighted by atomic mass is 10.4. The summed E-state index contributed by atoms with van der Waals surface area (Å²) in [6, 6.07) is 0. The lowest BCUT2D eigenvalue weighted by molar-refractivity contribution is 0.812. The van der Waals surface area contributed by atoms with E-state index < -0.39 is 14.1 Å². The normalized spacial score (nSPS) is 11.0. The van der Waals surface area contributed by atoms with E-state index in [9.17, 15) is 0 Å². The summed E-state index contributed by atoms with van der Waals surface area (Å²) < 4.78 is 2.92. The van der Waals surface area contributed by atoms with Gasteiger partial charge in [-0.15, -0.1) is 0 Å². The Balaban J connectivity index is 0. The van der Waals surface area contributed by atoms with Crippen molar-refractivity contribution in [2.45, 2.75) is 131 Å². The maximum Gasteiger partial charge on any atom is 0.270 e. The van der Waals surface area contributed by atoms with E-state index in [1.54, 1.807) is 15.8 Å². The maximum atomic E-state index is 2.39. The van der Waals surface area contributed by atoms with Crippen molar-refractivity contribution in [2.75, 3.05) is 0 Å². The second-order valence-electron chi connectivity index (χ2n) is 8.60. The van der Waals surface area contributed by atoms with Crippen LogP contribution in [0.5, 0.6) is 0 Å². The molecule has 0 aromatic heterocycles. The van der Waals surface area contributed by atoms with E-state index in [0.29, 0.717) is 0 Å². The summed E-state index contributed by atoms with van der Waals surface area (Å²) in [7, 11) is 0. The molecule has 0 radical (unpaired) electrons.